The highest BCUT2D eigenvalue weighted by atomic mass is 32.1. The van der Waals surface area contributed by atoms with E-state index in [2.05, 4.69) is 45.3 Å². The van der Waals surface area contributed by atoms with E-state index < -0.39 is 0 Å². The molecule has 162 valence electrons. The van der Waals surface area contributed by atoms with Gasteiger partial charge in [0.1, 0.15) is 5.01 Å². The van der Waals surface area contributed by atoms with Gasteiger partial charge in [-0.1, -0.05) is 0 Å². The number of aromatic nitrogens is 4. The normalized spacial score (nSPS) is 13.9. The fourth-order valence-electron chi connectivity index (χ4n) is 4.14. The quantitative estimate of drug-likeness (QED) is 0.408. The average molecular weight is 443 g/mol. The molecule has 1 aliphatic heterocycles. The van der Waals surface area contributed by atoms with E-state index in [0.29, 0.717) is 5.95 Å². The predicted molar refractivity (Wildman–Crippen MR) is 132 cm³/mol. The lowest BCUT2D eigenvalue weighted by Gasteiger charge is -2.30. The summed E-state index contributed by atoms with van der Waals surface area (Å²) in [4.78, 5) is 21.7. The van der Waals surface area contributed by atoms with Crippen LogP contribution >= 0.6 is 11.3 Å². The topological polar surface area (TPSA) is 66.8 Å². The second-order valence-corrected chi connectivity index (χ2v) is 9.11. The molecule has 0 radical (unpaired) electrons. The molecule has 3 aromatic heterocycles. The van der Waals surface area contributed by atoms with Gasteiger partial charge in [0.15, 0.2) is 0 Å². The number of anilines is 3. The Bertz CT molecular complexity index is 1210. The molecule has 0 unspecified atom stereocenters. The van der Waals surface area contributed by atoms with Gasteiger partial charge in [-0.2, -0.15) is 0 Å². The molecule has 5 rings (SSSR count). The first-order valence-electron chi connectivity index (χ1n) is 11.0. The smallest absolute Gasteiger partial charge is 0.227 e. The maximum Gasteiger partial charge on any atom is 0.227 e. The zero-order valence-corrected chi connectivity index (χ0v) is 19.2. The summed E-state index contributed by atoms with van der Waals surface area (Å²) < 4.78 is 0. The Morgan fingerprint density at radius 3 is 2.62 bits per heavy atom. The molecule has 1 aromatic carbocycles. The first-order valence-corrected chi connectivity index (χ1v) is 11.8. The van der Waals surface area contributed by atoms with E-state index >= 15 is 0 Å². The number of rotatable bonds is 5. The molecule has 1 aliphatic rings. The Hall–Kier alpha value is -3.32. The van der Waals surface area contributed by atoms with Crippen LogP contribution in [0.2, 0.25) is 0 Å². The lowest BCUT2D eigenvalue weighted by Crippen LogP contribution is -2.29. The van der Waals surface area contributed by atoms with E-state index in [9.17, 15) is 0 Å². The molecule has 4 aromatic rings. The fraction of sp³-hybridized carbons (Fsp3) is 0.280. The zero-order chi connectivity index (χ0) is 21.9. The minimum atomic E-state index is 0.586. The SMILES string of the molecule is Cc1cc(Nc2nccc(-c3sc(-c4cccnc4)nc3C)n2)ccc1N1CCCCC1. The van der Waals surface area contributed by atoms with Gasteiger partial charge in [-0.25, -0.2) is 15.0 Å². The van der Waals surface area contributed by atoms with E-state index in [-0.39, 0.29) is 0 Å². The summed E-state index contributed by atoms with van der Waals surface area (Å²) >= 11 is 1.63. The molecule has 32 heavy (non-hydrogen) atoms. The summed E-state index contributed by atoms with van der Waals surface area (Å²) in [6.45, 7) is 6.48. The van der Waals surface area contributed by atoms with Crippen LogP contribution in [0.4, 0.5) is 17.3 Å². The van der Waals surface area contributed by atoms with Gasteiger partial charge in [0.05, 0.1) is 16.3 Å². The summed E-state index contributed by atoms with van der Waals surface area (Å²) in [5.41, 5.74) is 6.44. The number of nitrogens with one attached hydrogen (secondary N) is 1. The van der Waals surface area contributed by atoms with Gasteiger partial charge in [-0.3, -0.25) is 4.98 Å². The molecule has 4 heterocycles. The summed E-state index contributed by atoms with van der Waals surface area (Å²) in [5.74, 6) is 0.586. The van der Waals surface area contributed by atoms with E-state index in [4.69, 9.17) is 9.97 Å². The van der Waals surface area contributed by atoms with Crippen molar-refractivity contribution in [3.63, 3.8) is 0 Å². The van der Waals surface area contributed by atoms with Gasteiger partial charge >= 0.3 is 0 Å². The number of benzene rings is 1. The molecule has 0 saturated carbocycles. The van der Waals surface area contributed by atoms with Gasteiger partial charge in [-0.05, 0) is 75.1 Å². The maximum absolute atomic E-state index is 4.77. The number of hydrogen-bond donors (Lipinski definition) is 1. The molecular weight excluding hydrogens is 416 g/mol. The van der Waals surface area contributed by atoms with Crippen molar-refractivity contribution in [1.82, 2.24) is 19.9 Å². The summed E-state index contributed by atoms with van der Waals surface area (Å²) in [7, 11) is 0. The molecule has 1 saturated heterocycles. The predicted octanol–water partition coefficient (Wildman–Crippen LogP) is 6.01. The van der Waals surface area contributed by atoms with Crippen molar-refractivity contribution < 1.29 is 0 Å². The Morgan fingerprint density at radius 1 is 0.969 bits per heavy atom. The van der Waals surface area contributed by atoms with Crippen LogP contribution in [-0.4, -0.2) is 33.0 Å². The number of aryl methyl sites for hydroxylation is 2. The van der Waals surface area contributed by atoms with Crippen LogP contribution in [0.25, 0.3) is 21.1 Å². The number of thiazole rings is 1. The van der Waals surface area contributed by atoms with Crippen LogP contribution in [0.1, 0.15) is 30.5 Å². The van der Waals surface area contributed by atoms with Crippen LogP contribution in [0.15, 0.2) is 55.0 Å². The van der Waals surface area contributed by atoms with Crippen molar-refractivity contribution in [3.8, 4) is 21.1 Å². The van der Waals surface area contributed by atoms with Gasteiger partial charge in [0, 0.05) is 48.6 Å². The highest BCUT2D eigenvalue weighted by Gasteiger charge is 2.15. The van der Waals surface area contributed by atoms with Crippen LogP contribution in [0.5, 0.6) is 0 Å². The molecule has 0 spiro atoms. The maximum atomic E-state index is 4.77. The zero-order valence-electron chi connectivity index (χ0n) is 18.4. The Morgan fingerprint density at radius 2 is 1.84 bits per heavy atom. The van der Waals surface area contributed by atoms with Gasteiger partial charge in [-0.15, -0.1) is 11.3 Å². The van der Waals surface area contributed by atoms with Crippen LogP contribution in [0, 0.1) is 13.8 Å². The Labute approximate surface area is 192 Å². The minimum Gasteiger partial charge on any atom is -0.371 e. The van der Waals surface area contributed by atoms with Crippen LogP contribution in [0.3, 0.4) is 0 Å². The number of pyridine rings is 1. The van der Waals surface area contributed by atoms with Crippen molar-refractivity contribution in [2.24, 2.45) is 0 Å². The molecule has 0 amide bonds. The minimum absolute atomic E-state index is 0.586. The first-order chi connectivity index (χ1) is 15.7. The van der Waals surface area contributed by atoms with E-state index in [1.165, 1.54) is 30.5 Å². The largest absolute Gasteiger partial charge is 0.371 e. The van der Waals surface area contributed by atoms with Crippen LogP contribution < -0.4 is 10.2 Å². The Balaban J connectivity index is 1.37. The molecule has 1 N–H and O–H groups in total. The standard InChI is InChI=1S/C25H26N6S/c1-17-15-20(8-9-22(17)31-13-4-3-5-14-31)29-25-27-12-10-21(30-25)23-18(2)28-24(32-23)19-7-6-11-26-16-19/h6-12,15-16H,3-5,13-14H2,1-2H3,(H,27,29,30). The third kappa shape index (κ3) is 4.34. The summed E-state index contributed by atoms with van der Waals surface area (Å²) in [5, 5.41) is 4.32. The molecule has 0 atom stereocenters. The second kappa shape index (κ2) is 9.04. The highest BCUT2D eigenvalue weighted by molar-refractivity contribution is 7.18. The van der Waals surface area contributed by atoms with Crippen molar-refractivity contribution in [2.45, 2.75) is 33.1 Å². The summed E-state index contributed by atoms with van der Waals surface area (Å²) in [6, 6.07) is 12.4. The number of hydrogen-bond acceptors (Lipinski definition) is 7. The van der Waals surface area contributed by atoms with E-state index in [1.807, 2.05) is 31.3 Å². The van der Waals surface area contributed by atoms with Gasteiger partial charge in [0.2, 0.25) is 5.95 Å². The van der Waals surface area contributed by atoms with Crippen molar-refractivity contribution >= 4 is 28.7 Å². The third-order valence-electron chi connectivity index (χ3n) is 5.74. The molecule has 0 bridgehead atoms. The molecule has 1 fully saturated rings. The highest BCUT2D eigenvalue weighted by Crippen LogP contribution is 2.34. The number of piperidine rings is 1. The molecule has 0 aliphatic carbocycles. The monoisotopic (exact) mass is 442 g/mol. The molecule has 6 nitrogen and oxygen atoms in total. The average Bonchev–Trinajstić information content (AvgIpc) is 3.22. The molecule has 7 heteroatoms. The lowest BCUT2D eigenvalue weighted by molar-refractivity contribution is 0.577. The van der Waals surface area contributed by atoms with Crippen LogP contribution in [-0.2, 0) is 0 Å². The lowest BCUT2D eigenvalue weighted by atomic mass is 10.1. The van der Waals surface area contributed by atoms with Crippen molar-refractivity contribution in [2.75, 3.05) is 23.3 Å². The van der Waals surface area contributed by atoms with Gasteiger partial charge < -0.3 is 10.2 Å². The third-order valence-corrected chi connectivity index (χ3v) is 6.97. The number of nitrogens with zero attached hydrogens (tertiary/aromatic N) is 5. The molecular formula is C25H26N6S. The van der Waals surface area contributed by atoms with Crippen molar-refractivity contribution in [1.29, 1.82) is 0 Å². The van der Waals surface area contributed by atoms with E-state index in [0.717, 1.165) is 45.6 Å². The van der Waals surface area contributed by atoms with E-state index in [1.54, 1.807) is 23.7 Å². The Kier molecular flexibility index (Phi) is 5.81. The first kappa shape index (κ1) is 20.6. The van der Waals surface area contributed by atoms with Crippen molar-refractivity contribution in [3.05, 3.63) is 66.2 Å². The fourth-order valence-corrected chi connectivity index (χ4v) is 5.17. The second-order valence-electron chi connectivity index (χ2n) is 8.11. The summed E-state index contributed by atoms with van der Waals surface area (Å²) in [6.07, 6.45) is 9.30. The van der Waals surface area contributed by atoms with Gasteiger partial charge in [0.25, 0.3) is 0 Å².